The lowest BCUT2D eigenvalue weighted by Crippen LogP contribution is -1.98. The van der Waals surface area contributed by atoms with E-state index >= 15 is 0 Å². The fraction of sp³-hybridized carbons (Fsp3) is 0.273. The summed E-state index contributed by atoms with van der Waals surface area (Å²) in [6.07, 6.45) is 12.6. The van der Waals surface area contributed by atoms with Crippen LogP contribution in [0.15, 0.2) is 109 Å². The van der Waals surface area contributed by atoms with Gasteiger partial charge in [0.05, 0.1) is 0 Å². The molecule has 0 amide bonds. The Morgan fingerprint density at radius 2 is 0.957 bits per heavy atom. The van der Waals surface area contributed by atoms with Crippen molar-refractivity contribution in [1.29, 1.82) is 0 Å². The quantitative estimate of drug-likeness (QED) is 0.0872. The Kier molecular flexibility index (Phi) is 9.65. The zero-order chi connectivity index (χ0) is 31.3. The zero-order valence-electron chi connectivity index (χ0n) is 27.3. The molecule has 0 radical (unpaired) electrons. The van der Waals surface area contributed by atoms with Gasteiger partial charge in [-0.2, -0.15) is 0 Å². The highest BCUT2D eigenvalue weighted by Crippen LogP contribution is 2.43. The first kappa shape index (κ1) is 30.9. The molecule has 0 spiro atoms. The van der Waals surface area contributed by atoms with E-state index < -0.39 is 0 Å². The maximum absolute atomic E-state index is 2.53. The van der Waals surface area contributed by atoms with Crippen LogP contribution >= 0.6 is 22.7 Å². The average Bonchev–Trinajstić information content (AvgIpc) is 3.79. The highest BCUT2D eigenvalue weighted by Gasteiger charge is 2.16. The highest BCUT2D eigenvalue weighted by atomic mass is 32.1. The first-order valence-electron chi connectivity index (χ1n) is 17.4. The summed E-state index contributed by atoms with van der Waals surface area (Å²) in [5.74, 6) is 0. The van der Waals surface area contributed by atoms with E-state index in [9.17, 15) is 0 Å². The molecule has 0 nitrogen and oxygen atoms in total. The molecule has 0 atom stereocenters. The van der Waals surface area contributed by atoms with Gasteiger partial charge in [0, 0.05) is 19.5 Å². The fourth-order valence-corrected chi connectivity index (χ4v) is 9.32. The van der Waals surface area contributed by atoms with E-state index in [4.69, 9.17) is 0 Å². The molecule has 0 unspecified atom stereocenters. The number of hydrogen-bond donors (Lipinski definition) is 0. The molecule has 0 saturated heterocycles. The second-order valence-electron chi connectivity index (χ2n) is 12.7. The molecule has 46 heavy (non-hydrogen) atoms. The third-order valence-electron chi connectivity index (χ3n) is 9.60. The van der Waals surface area contributed by atoms with Crippen LogP contribution in [-0.4, -0.2) is 0 Å². The maximum atomic E-state index is 2.53. The Labute approximate surface area is 282 Å². The molecular weight excluding hydrogens is 593 g/mol. The summed E-state index contributed by atoms with van der Waals surface area (Å²) in [4.78, 5) is 5.38. The number of rotatable bonds is 13. The van der Waals surface area contributed by atoms with Gasteiger partial charge in [-0.3, -0.25) is 0 Å². The summed E-state index contributed by atoms with van der Waals surface area (Å²) >= 11 is 3.83. The normalized spacial score (nSPS) is 11.7. The second kappa shape index (κ2) is 14.4. The van der Waals surface area contributed by atoms with E-state index in [0.717, 1.165) is 12.8 Å². The predicted octanol–water partition coefficient (Wildman–Crippen LogP) is 14.5. The number of hydrogen-bond acceptors (Lipinski definition) is 2. The largest absolute Gasteiger partial charge is 0.134 e. The van der Waals surface area contributed by atoms with Gasteiger partial charge >= 0.3 is 0 Å². The van der Waals surface area contributed by atoms with Gasteiger partial charge in [-0.05, 0) is 111 Å². The minimum atomic E-state index is 1.15. The highest BCUT2D eigenvalue weighted by molar-refractivity contribution is 7.25. The van der Waals surface area contributed by atoms with Crippen molar-refractivity contribution in [3.8, 4) is 30.6 Å². The molecule has 0 bridgehead atoms. The van der Waals surface area contributed by atoms with E-state index in [0.29, 0.717) is 0 Å². The van der Waals surface area contributed by atoms with Crippen molar-refractivity contribution >= 4 is 55.0 Å². The van der Waals surface area contributed by atoms with Crippen LogP contribution in [0.1, 0.15) is 76.3 Å². The number of benzene rings is 5. The summed E-state index contributed by atoms with van der Waals surface area (Å²) in [5.41, 5.74) is 5.77. The fourth-order valence-electron chi connectivity index (χ4n) is 7.19. The number of thiophene rings is 2. The summed E-state index contributed by atoms with van der Waals surface area (Å²) in [6, 6.07) is 41.2. The summed E-state index contributed by atoms with van der Waals surface area (Å²) in [7, 11) is 0. The van der Waals surface area contributed by atoms with Crippen molar-refractivity contribution in [2.24, 2.45) is 0 Å². The third-order valence-corrected chi connectivity index (χ3v) is 12.1. The van der Waals surface area contributed by atoms with Crippen LogP contribution in [0.25, 0.3) is 63.0 Å². The molecule has 0 fully saturated rings. The Morgan fingerprint density at radius 1 is 0.413 bits per heavy atom. The summed E-state index contributed by atoms with van der Waals surface area (Å²) in [5, 5.41) is 8.51. The standard InChI is InChI=1S/C44H44S2/c1-3-5-7-9-19-36-34-21-13-14-22-35(34)37(20-10-8-6-4-2)40-30-32(24-25-38(36)40)41-26-28-43(45-41)44-29-27-42(46-44)39-23-15-17-31-16-11-12-18-33(31)39/h11-18,21-30H,3-10,19-20H2,1-2H3. The lowest BCUT2D eigenvalue weighted by molar-refractivity contribution is 0.668. The van der Waals surface area contributed by atoms with E-state index in [-0.39, 0.29) is 0 Å². The minimum Gasteiger partial charge on any atom is -0.134 e. The Balaban J connectivity index is 1.26. The van der Waals surface area contributed by atoms with Gasteiger partial charge in [-0.1, -0.05) is 131 Å². The van der Waals surface area contributed by atoms with Crippen LogP contribution in [0.4, 0.5) is 0 Å². The van der Waals surface area contributed by atoms with Crippen LogP contribution < -0.4 is 0 Å². The molecule has 0 aliphatic rings. The molecule has 0 aliphatic heterocycles. The van der Waals surface area contributed by atoms with Gasteiger partial charge in [0.1, 0.15) is 0 Å². The van der Waals surface area contributed by atoms with E-state index in [1.54, 1.807) is 11.1 Å². The zero-order valence-corrected chi connectivity index (χ0v) is 28.9. The first-order valence-corrected chi connectivity index (χ1v) is 19.0. The second-order valence-corrected chi connectivity index (χ2v) is 14.9. The van der Waals surface area contributed by atoms with Crippen LogP contribution in [-0.2, 0) is 12.8 Å². The van der Waals surface area contributed by atoms with Crippen molar-refractivity contribution in [2.45, 2.75) is 78.1 Å². The summed E-state index contributed by atoms with van der Waals surface area (Å²) < 4.78 is 0. The molecule has 2 aromatic heterocycles. The summed E-state index contributed by atoms with van der Waals surface area (Å²) in [6.45, 7) is 4.61. The van der Waals surface area contributed by atoms with E-state index in [1.807, 2.05) is 22.7 Å². The van der Waals surface area contributed by atoms with Gasteiger partial charge < -0.3 is 0 Å². The molecule has 0 aliphatic carbocycles. The maximum Gasteiger partial charge on any atom is 0.0449 e. The van der Waals surface area contributed by atoms with Crippen LogP contribution in [0.2, 0.25) is 0 Å². The monoisotopic (exact) mass is 636 g/mol. The van der Waals surface area contributed by atoms with Crippen LogP contribution in [0, 0.1) is 0 Å². The molecular formula is C44H44S2. The minimum absolute atomic E-state index is 1.15. The van der Waals surface area contributed by atoms with Gasteiger partial charge in [0.2, 0.25) is 0 Å². The third kappa shape index (κ3) is 6.31. The van der Waals surface area contributed by atoms with Gasteiger partial charge in [-0.15, -0.1) is 22.7 Å². The van der Waals surface area contributed by atoms with Crippen molar-refractivity contribution in [2.75, 3.05) is 0 Å². The van der Waals surface area contributed by atoms with Crippen molar-refractivity contribution < 1.29 is 0 Å². The molecule has 7 rings (SSSR count). The molecule has 0 N–H and O–H groups in total. The molecule has 0 saturated carbocycles. The molecule has 2 heteroatoms. The lowest BCUT2D eigenvalue weighted by Gasteiger charge is -2.18. The van der Waals surface area contributed by atoms with Gasteiger partial charge in [0.15, 0.2) is 0 Å². The van der Waals surface area contributed by atoms with Crippen molar-refractivity contribution in [3.63, 3.8) is 0 Å². The molecule has 7 aromatic rings. The lowest BCUT2D eigenvalue weighted by atomic mass is 9.86. The van der Waals surface area contributed by atoms with E-state index in [1.165, 1.54) is 114 Å². The molecule has 2 heterocycles. The molecule has 5 aromatic carbocycles. The van der Waals surface area contributed by atoms with Gasteiger partial charge in [-0.25, -0.2) is 0 Å². The SMILES string of the molecule is CCCCCCc1c2ccccc2c(CCCCCC)c2cc(-c3ccc(-c4ccc(-c5cccc6ccccc56)s4)s3)ccc12. The molecule has 232 valence electrons. The predicted molar refractivity (Wildman–Crippen MR) is 207 cm³/mol. The smallest absolute Gasteiger partial charge is 0.0449 e. The van der Waals surface area contributed by atoms with Crippen molar-refractivity contribution in [1.82, 2.24) is 0 Å². The number of fused-ring (bicyclic) bond motifs is 3. The average molecular weight is 637 g/mol. The van der Waals surface area contributed by atoms with Crippen LogP contribution in [0.3, 0.4) is 0 Å². The van der Waals surface area contributed by atoms with Gasteiger partial charge in [0.25, 0.3) is 0 Å². The topological polar surface area (TPSA) is 0 Å². The first-order chi connectivity index (χ1) is 22.7. The van der Waals surface area contributed by atoms with E-state index in [2.05, 4.69) is 123 Å². The number of aryl methyl sites for hydroxylation is 2. The Hall–Kier alpha value is -3.72. The Bertz CT molecular complexity index is 2080. The number of unbranched alkanes of at least 4 members (excludes halogenated alkanes) is 6. The van der Waals surface area contributed by atoms with Crippen LogP contribution in [0.5, 0.6) is 0 Å². The van der Waals surface area contributed by atoms with Crippen molar-refractivity contribution in [3.05, 3.63) is 120 Å². The Morgan fingerprint density at radius 3 is 1.65 bits per heavy atom.